The number of rotatable bonds is 4. The first-order chi connectivity index (χ1) is 11.7. The number of carbonyl (C=O) groups excluding carboxylic acids is 2. The first-order valence-corrected chi connectivity index (χ1v) is 7.64. The third-order valence-corrected chi connectivity index (χ3v) is 3.66. The Morgan fingerprint density at radius 1 is 1.04 bits per heavy atom. The minimum Gasteiger partial charge on any atom is -0.452 e. The number of nitrogens with zero attached hydrogens (tertiary/aromatic N) is 2. The van der Waals surface area contributed by atoms with E-state index in [0.717, 1.165) is 15.2 Å². The summed E-state index contributed by atoms with van der Waals surface area (Å²) in [4.78, 5) is 47.1. The Morgan fingerprint density at radius 2 is 1.64 bits per heavy atom. The second kappa shape index (κ2) is 7.54. The molecule has 1 aromatic heterocycles. The minimum atomic E-state index is -0.794. The first-order valence-electron chi connectivity index (χ1n) is 6.89. The number of amides is 1. The van der Waals surface area contributed by atoms with Gasteiger partial charge in [-0.3, -0.25) is 18.7 Å². The van der Waals surface area contributed by atoms with Crippen LogP contribution in [0.5, 0.6) is 0 Å². The molecule has 0 saturated carbocycles. The maximum Gasteiger partial charge on any atom is 0.338 e. The molecule has 0 bridgehead atoms. The van der Waals surface area contributed by atoms with Crippen molar-refractivity contribution >= 4 is 40.9 Å². The van der Waals surface area contributed by atoms with E-state index in [1.807, 2.05) is 0 Å². The number of carbonyl (C=O) groups is 2. The number of halogens is 2. The third kappa shape index (κ3) is 4.49. The fourth-order valence-electron chi connectivity index (χ4n) is 1.92. The summed E-state index contributed by atoms with van der Waals surface area (Å²) in [5, 5.41) is 2.83. The highest BCUT2D eigenvalue weighted by Crippen LogP contribution is 2.19. The van der Waals surface area contributed by atoms with Crippen LogP contribution in [0.3, 0.4) is 0 Å². The lowest BCUT2D eigenvalue weighted by atomic mass is 10.2. The molecule has 8 nitrogen and oxygen atoms in total. The molecule has 10 heteroatoms. The highest BCUT2D eigenvalue weighted by Gasteiger charge is 2.14. The van der Waals surface area contributed by atoms with Crippen molar-refractivity contribution < 1.29 is 14.3 Å². The van der Waals surface area contributed by atoms with Gasteiger partial charge in [-0.05, 0) is 18.2 Å². The average Bonchev–Trinajstić information content (AvgIpc) is 2.54. The highest BCUT2D eigenvalue weighted by atomic mass is 35.5. The molecule has 0 aliphatic rings. The number of hydrogen-bond donors (Lipinski definition) is 1. The Bertz CT molecular complexity index is 944. The average molecular weight is 386 g/mol. The van der Waals surface area contributed by atoms with Gasteiger partial charge >= 0.3 is 11.7 Å². The number of aromatic nitrogens is 2. The zero-order valence-electron chi connectivity index (χ0n) is 13.2. The molecule has 0 saturated heterocycles. The molecule has 132 valence electrons. The van der Waals surface area contributed by atoms with Crippen LogP contribution < -0.4 is 16.6 Å². The lowest BCUT2D eigenvalue weighted by Crippen LogP contribution is -2.38. The summed E-state index contributed by atoms with van der Waals surface area (Å²) in [7, 11) is 2.70. The van der Waals surface area contributed by atoms with Gasteiger partial charge in [0, 0.05) is 30.2 Å². The van der Waals surface area contributed by atoms with E-state index in [2.05, 4.69) is 5.32 Å². The van der Waals surface area contributed by atoms with Gasteiger partial charge < -0.3 is 10.1 Å². The largest absolute Gasteiger partial charge is 0.452 e. The van der Waals surface area contributed by atoms with E-state index in [1.165, 1.54) is 32.3 Å². The normalized spacial score (nSPS) is 10.4. The van der Waals surface area contributed by atoms with Crippen LogP contribution in [0.15, 0.2) is 33.9 Å². The number of benzene rings is 1. The van der Waals surface area contributed by atoms with Gasteiger partial charge in [0.05, 0.1) is 5.56 Å². The van der Waals surface area contributed by atoms with Crippen molar-refractivity contribution in [3.8, 4) is 0 Å². The summed E-state index contributed by atoms with van der Waals surface area (Å²) in [6.07, 6.45) is 0. The molecule has 0 radical (unpaired) electrons. The lowest BCUT2D eigenvalue weighted by molar-refractivity contribution is -0.119. The van der Waals surface area contributed by atoms with Crippen LogP contribution in [0.1, 0.15) is 10.4 Å². The van der Waals surface area contributed by atoms with Crippen LogP contribution in [-0.4, -0.2) is 27.6 Å². The van der Waals surface area contributed by atoms with E-state index >= 15 is 0 Å². The number of ether oxygens (including phenoxy) is 1. The second-order valence-electron chi connectivity index (χ2n) is 5.05. The molecule has 2 rings (SSSR count). The highest BCUT2D eigenvalue weighted by molar-refractivity contribution is 6.35. The summed E-state index contributed by atoms with van der Waals surface area (Å²) >= 11 is 11.6. The van der Waals surface area contributed by atoms with Crippen LogP contribution in [0.2, 0.25) is 10.0 Å². The predicted octanol–water partition coefficient (Wildman–Crippen LogP) is 1.19. The number of nitrogens with one attached hydrogen (secondary N) is 1. The van der Waals surface area contributed by atoms with Crippen LogP contribution in [0.25, 0.3) is 0 Å². The summed E-state index contributed by atoms with van der Waals surface area (Å²) in [6.45, 7) is -0.619. The van der Waals surface area contributed by atoms with Crippen molar-refractivity contribution in [1.82, 2.24) is 9.13 Å². The van der Waals surface area contributed by atoms with Gasteiger partial charge in [0.2, 0.25) is 0 Å². The summed E-state index contributed by atoms with van der Waals surface area (Å²) in [5.74, 6) is -1.53. The van der Waals surface area contributed by atoms with E-state index < -0.39 is 29.7 Å². The molecule has 0 aliphatic carbocycles. The SMILES string of the molecule is Cn1c(NC(=O)COC(=O)c2cc(Cl)cc(Cl)c2)cc(=O)n(C)c1=O. The van der Waals surface area contributed by atoms with Crippen LogP contribution >= 0.6 is 23.2 Å². The number of anilines is 1. The monoisotopic (exact) mass is 385 g/mol. The molecule has 0 fully saturated rings. The van der Waals surface area contributed by atoms with Gasteiger partial charge in [0.1, 0.15) is 5.82 Å². The molecule has 0 aliphatic heterocycles. The molecule has 1 amide bonds. The molecule has 1 heterocycles. The van der Waals surface area contributed by atoms with Crippen molar-refractivity contribution in [3.05, 3.63) is 60.7 Å². The molecule has 0 unspecified atom stereocenters. The van der Waals surface area contributed by atoms with Crippen molar-refractivity contribution in [2.45, 2.75) is 0 Å². The maximum atomic E-state index is 11.9. The van der Waals surface area contributed by atoms with Crippen molar-refractivity contribution in [2.24, 2.45) is 14.1 Å². The quantitative estimate of drug-likeness (QED) is 0.796. The lowest BCUT2D eigenvalue weighted by Gasteiger charge is -2.11. The van der Waals surface area contributed by atoms with Crippen molar-refractivity contribution in [2.75, 3.05) is 11.9 Å². The molecular formula is C15H13Cl2N3O5. The molecule has 2 aromatic rings. The van der Waals surface area contributed by atoms with Crippen LogP contribution in [0, 0.1) is 0 Å². The first kappa shape index (κ1) is 18.8. The minimum absolute atomic E-state index is 0.0139. The van der Waals surface area contributed by atoms with Gasteiger partial charge in [0.25, 0.3) is 11.5 Å². The van der Waals surface area contributed by atoms with Gasteiger partial charge in [-0.2, -0.15) is 0 Å². The van der Waals surface area contributed by atoms with E-state index in [1.54, 1.807) is 0 Å². The standard InChI is InChI=1S/C15H13Cl2N3O5/c1-19-11(6-13(22)20(2)15(19)24)18-12(21)7-25-14(23)8-3-9(16)5-10(17)4-8/h3-6H,7H2,1-2H3,(H,18,21). The Balaban J connectivity index is 2.05. The van der Waals surface area contributed by atoms with E-state index in [4.69, 9.17) is 27.9 Å². The van der Waals surface area contributed by atoms with Gasteiger partial charge in [0.15, 0.2) is 6.61 Å². The van der Waals surface area contributed by atoms with Crippen LogP contribution in [-0.2, 0) is 23.6 Å². The smallest absolute Gasteiger partial charge is 0.338 e. The van der Waals surface area contributed by atoms with Gasteiger partial charge in [-0.1, -0.05) is 23.2 Å². The Hall–Kier alpha value is -2.58. The zero-order valence-corrected chi connectivity index (χ0v) is 14.7. The topological polar surface area (TPSA) is 99.4 Å². The summed E-state index contributed by atoms with van der Waals surface area (Å²) in [6, 6.07) is 5.22. The van der Waals surface area contributed by atoms with Crippen molar-refractivity contribution in [3.63, 3.8) is 0 Å². The third-order valence-electron chi connectivity index (χ3n) is 3.23. The van der Waals surface area contributed by atoms with E-state index in [-0.39, 0.29) is 21.4 Å². The molecule has 0 atom stereocenters. The molecule has 1 N–H and O–H groups in total. The van der Waals surface area contributed by atoms with Crippen molar-refractivity contribution in [1.29, 1.82) is 0 Å². The molecular weight excluding hydrogens is 373 g/mol. The number of hydrogen-bond acceptors (Lipinski definition) is 5. The van der Waals surface area contributed by atoms with Gasteiger partial charge in [-0.25, -0.2) is 9.59 Å². The second-order valence-corrected chi connectivity index (χ2v) is 5.92. The van der Waals surface area contributed by atoms with E-state index in [0.29, 0.717) is 0 Å². The fourth-order valence-corrected chi connectivity index (χ4v) is 2.44. The summed E-state index contributed by atoms with van der Waals surface area (Å²) in [5.41, 5.74) is -1.09. The molecule has 1 aromatic carbocycles. The Morgan fingerprint density at radius 3 is 2.24 bits per heavy atom. The van der Waals surface area contributed by atoms with Crippen LogP contribution in [0.4, 0.5) is 5.82 Å². The fraction of sp³-hybridized carbons (Fsp3) is 0.200. The Labute approximate surface area is 151 Å². The number of esters is 1. The summed E-state index contributed by atoms with van der Waals surface area (Å²) < 4.78 is 6.83. The Kier molecular flexibility index (Phi) is 5.66. The van der Waals surface area contributed by atoms with E-state index in [9.17, 15) is 19.2 Å². The zero-order chi connectivity index (χ0) is 18.7. The maximum absolute atomic E-state index is 11.9. The molecule has 25 heavy (non-hydrogen) atoms. The molecule has 0 spiro atoms. The predicted molar refractivity (Wildman–Crippen MR) is 92.3 cm³/mol. The van der Waals surface area contributed by atoms with Gasteiger partial charge in [-0.15, -0.1) is 0 Å².